The standard InChI is InChI=1S/C14H21BrN2.ClH/c1-3-14(11-4-6-12(15)7-5-11)17-9-8-13(10-17)16-2;/h4-7,13-14,16H,3,8-10H2,1-2H3;1H. The quantitative estimate of drug-likeness (QED) is 0.905. The SMILES string of the molecule is CCC(c1ccc(Br)cc1)N1CCC(NC)C1.Cl. The third-order valence-corrected chi connectivity index (χ3v) is 4.24. The lowest BCUT2D eigenvalue weighted by atomic mass is 10.0. The molecule has 18 heavy (non-hydrogen) atoms. The molecule has 1 fully saturated rings. The highest BCUT2D eigenvalue weighted by atomic mass is 79.9. The Hall–Kier alpha value is -0.0900. The van der Waals surface area contributed by atoms with Gasteiger partial charge in [0.25, 0.3) is 0 Å². The minimum Gasteiger partial charge on any atom is -0.316 e. The molecular weight excluding hydrogens is 312 g/mol. The van der Waals surface area contributed by atoms with Crippen LogP contribution in [-0.2, 0) is 0 Å². The largest absolute Gasteiger partial charge is 0.316 e. The Labute approximate surface area is 125 Å². The Morgan fingerprint density at radius 1 is 1.39 bits per heavy atom. The number of nitrogens with zero attached hydrogens (tertiary/aromatic N) is 1. The Balaban J connectivity index is 0.00000162. The van der Waals surface area contributed by atoms with Crippen LogP contribution in [-0.4, -0.2) is 31.1 Å². The van der Waals surface area contributed by atoms with Crippen LogP contribution in [0.2, 0.25) is 0 Å². The molecule has 0 spiro atoms. The van der Waals surface area contributed by atoms with Gasteiger partial charge >= 0.3 is 0 Å². The fourth-order valence-corrected chi connectivity index (χ4v) is 2.96. The summed E-state index contributed by atoms with van der Waals surface area (Å²) in [5.74, 6) is 0. The van der Waals surface area contributed by atoms with Gasteiger partial charge in [-0.2, -0.15) is 0 Å². The van der Waals surface area contributed by atoms with E-state index in [4.69, 9.17) is 0 Å². The summed E-state index contributed by atoms with van der Waals surface area (Å²) in [6, 6.07) is 10.0. The van der Waals surface area contributed by atoms with Crippen molar-refractivity contribution in [3.8, 4) is 0 Å². The summed E-state index contributed by atoms with van der Waals surface area (Å²) in [6.45, 7) is 4.66. The fraction of sp³-hybridized carbons (Fsp3) is 0.571. The first-order chi connectivity index (χ1) is 8.24. The Morgan fingerprint density at radius 2 is 2.06 bits per heavy atom. The van der Waals surface area contributed by atoms with Crippen LogP contribution in [0.3, 0.4) is 0 Å². The summed E-state index contributed by atoms with van der Waals surface area (Å²) in [5.41, 5.74) is 1.44. The predicted octanol–water partition coefficient (Wildman–Crippen LogP) is 3.62. The lowest BCUT2D eigenvalue weighted by Gasteiger charge is -2.27. The van der Waals surface area contributed by atoms with E-state index in [1.54, 1.807) is 0 Å². The topological polar surface area (TPSA) is 15.3 Å². The molecule has 0 saturated carbocycles. The normalized spacial score (nSPS) is 21.6. The molecule has 1 aromatic rings. The van der Waals surface area contributed by atoms with Gasteiger partial charge in [0.1, 0.15) is 0 Å². The van der Waals surface area contributed by atoms with Crippen LogP contribution < -0.4 is 5.32 Å². The van der Waals surface area contributed by atoms with E-state index in [0.717, 1.165) is 4.47 Å². The van der Waals surface area contributed by atoms with Gasteiger partial charge in [-0.3, -0.25) is 4.90 Å². The van der Waals surface area contributed by atoms with Crippen molar-refractivity contribution >= 4 is 28.3 Å². The van der Waals surface area contributed by atoms with E-state index in [0.29, 0.717) is 12.1 Å². The molecule has 1 heterocycles. The molecule has 1 aromatic carbocycles. The molecule has 0 amide bonds. The minimum atomic E-state index is 0. The van der Waals surface area contributed by atoms with Crippen molar-refractivity contribution in [2.45, 2.75) is 31.8 Å². The molecule has 2 atom stereocenters. The van der Waals surface area contributed by atoms with Crippen LogP contribution in [0.1, 0.15) is 31.4 Å². The zero-order chi connectivity index (χ0) is 12.3. The van der Waals surface area contributed by atoms with E-state index in [9.17, 15) is 0 Å². The van der Waals surface area contributed by atoms with Gasteiger partial charge in [0.05, 0.1) is 0 Å². The van der Waals surface area contributed by atoms with E-state index < -0.39 is 0 Å². The number of nitrogens with one attached hydrogen (secondary N) is 1. The van der Waals surface area contributed by atoms with Crippen molar-refractivity contribution in [1.29, 1.82) is 0 Å². The Kier molecular flexibility index (Phi) is 6.64. The van der Waals surface area contributed by atoms with Gasteiger partial charge in [-0.1, -0.05) is 35.0 Å². The molecule has 0 aliphatic carbocycles. The number of likely N-dealkylation sites (N-methyl/N-ethyl adjacent to an activating group) is 1. The summed E-state index contributed by atoms with van der Waals surface area (Å²) in [6.07, 6.45) is 2.45. The Bertz CT molecular complexity index is 355. The van der Waals surface area contributed by atoms with Crippen molar-refractivity contribution < 1.29 is 0 Å². The lowest BCUT2D eigenvalue weighted by molar-refractivity contribution is 0.234. The molecule has 2 unspecified atom stereocenters. The molecule has 102 valence electrons. The third kappa shape index (κ3) is 3.70. The van der Waals surface area contributed by atoms with E-state index in [2.05, 4.69) is 64.4 Å². The van der Waals surface area contributed by atoms with Crippen LogP contribution in [0, 0.1) is 0 Å². The zero-order valence-corrected chi connectivity index (χ0v) is 13.4. The molecule has 1 saturated heterocycles. The van der Waals surface area contributed by atoms with Gasteiger partial charge in [-0.15, -0.1) is 12.4 Å². The Morgan fingerprint density at radius 3 is 2.56 bits per heavy atom. The maximum absolute atomic E-state index is 3.50. The van der Waals surface area contributed by atoms with Crippen LogP contribution in [0.25, 0.3) is 0 Å². The number of likely N-dealkylation sites (tertiary alicyclic amines) is 1. The summed E-state index contributed by atoms with van der Waals surface area (Å²) in [7, 11) is 2.06. The van der Waals surface area contributed by atoms with Gasteiger partial charge < -0.3 is 5.32 Å². The predicted molar refractivity (Wildman–Crippen MR) is 83.5 cm³/mol. The second kappa shape index (κ2) is 7.49. The molecule has 1 aliphatic rings. The second-order valence-corrected chi connectivity index (χ2v) is 5.66. The first kappa shape index (κ1) is 16.0. The van der Waals surface area contributed by atoms with Gasteiger partial charge in [0.2, 0.25) is 0 Å². The lowest BCUT2D eigenvalue weighted by Crippen LogP contribution is -2.31. The summed E-state index contributed by atoms with van der Waals surface area (Å²) >= 11 is 3.50. The van der Waals surface area contributed by atoms with E-state index in [1.807, 2.05) is 0 Å². The van der Waals surface area contributed by atoms with Crippen molar-refractivity contribution in [3.63, 3.8) is 0 Å². The highest BCUT2D eigenvalue weighted by molar-refractivity contribution is 9.10. The highest BCUT2D eigenvalue weighted by Crippen LogP contribution is 2.28. The molecule has 0 bridgehead atoms. The van der Waals surface area contributed by atoms with E-state index in [1.165, 1.54) is 31.5 Å². The molecule has 0 radical (unpaired) electrons. The fourth-order valence-electron chi connectivity index (χ4n) is 2.70. The van der Waals surface area contributed by atoms with Crippen LogP contribution in [0.5, 0.6) is 0 Å². The minimum absolute atomic E-state index is 0. The second-order valence-electron chi connectivity index (χ2n) is 4.74. The first-order valence-corrected chi connectivity index (χ1v) is 7.20. The molecule has 1 N–H and O–H groups in total. The van der Waals surface area contributed by atoms with Crippen molar-refractivity contribution in [2.24, 2.45) is 0 Å². The van der Waals surface area contributed by atoms with Gasteiger partial charge in [-0.05, 0) is 37.6 Å². The highest BCUT2D eigenvalue weighted by Gasteiger charge is 2.27. The number of halogens is 2. The number of hydrogen-bond acceptors (Lipinski definition) is 2. The van der Waals surface area contributed by atoms with Crippen LogP contribution in [0.15, 0.2) is 28.7 Å². The van der Waals surface area contributed by atoms with Crippen LogP contribution >= 0.6 is 28.3 Å². The summed E-state index contributed by atoms with van der Waals surface area (Å²) in [5, 5.41) is 3.38. The van der Waals surface area contributed by atoms with Gasteiger partial charge in [-0.25, -0.2) is 0 Å². The molecule has 4 heteroatoms. The van der Waals surface area contributed by atoms with Crippen molar-refractivity contribution in [2.75, 3.05) is 20.1 Å². The summed E-state index contributed by atoms with van der Waals surface area (Å²) < 4.78 is 1.16. The van der Waals surface area contributed by atoms with Gasteiger partial charge in [0, 0.05) is 29.6 Å². The molecule has 2 nitrogen and oxygen atoms in total. The maximum atomic E-state index is 3.50. The van der Waals surface area contributed by atoms with E-state index in [-0.39, 0.29) is 12.4 Å². The number of benzene rings is 1. The third-order valence-electron chi connectivity index (χ3n) is 3.71. The zero-order valence-electron chi connectivity index (χ0n) is 11.0. The van der Waals surface area contributed by atoms with Crippen molar-refractivity contribution in [3.05, 3.63) is 34.3 Å². The van der Waals surface area contributed by atoms with Gasteiger partial charge in [0.15, 0.2) is 0 Å². The van der Waals surface area contributed by atoms with Crippen molar-refractivity contribution in [1.82, 2.24) is 10.2 Å². The number of rotatable bonds is 4. The summed E-state index contributed by atoms with van der Waals surface area (Å²) in [4.78, 5) is 2.60. The molecular formula is C14H22BrClN2. The molecule has 1 aliphatic heterocycles. The first-order valence-electron chi connectivity index (χ1n) is 6.41. The smallest absolute Gasteiger partial charge is 0.0346 e. The van der Waals surface area contributed by atoms with Crippen LogP contribution in [0.4, 0.5) is 0 Å². The number of hydrogen-bond donors (Lipinski definition) is 1. The monoisotopic (exact) mass is 332 g/mol. The average molecular weight is 334 g/mol. The average Bonchev–Trinajstić information content (AvgIpc) is 2.81. The molecule has 0 aromatic heterocycles. The maximum Gasteiger partial charge on any atom is 0.0346 e. The van der Waals surface area contributed by atoms with E-state index >= 15 is 0 Å². The molecule has 2 rings (SSSR count).